The van der Waals surface area contributed by atoms with E-state index in [2.05, 4.69) is 90.1 Å². The fourth-order valence-electron chi connectivity index (χ4n) is 2.57. The summed E-state index contributed by atoms with van der Waals surface area (Å²) in [5.74, 6) is 0. The maximum Gasteiger partial charge on any atom is 0.268 e. The van der Waals surface area contributed by atoms with Crippen LogP contribution in [0.2, 0.25) is 0 Å². The van der Waals surface area contributed by atoms with Gasteiger partial charge >= 0.3 is 0 Å². The largest absolute Gasteiger partial charge is 0.268 e. The number of hydrogen-bond acceptors (Lipinski definition) is 1. The molecule has 0 bridgehead atoms. The first-order chi connectivity index (χ1) is 10.2. The lowest BCUT2D eigenvalue weighted by Crippen LogP contribution is -2.30. The highest BCUT2D eigenvalue weighted by atomic mass is 15.6. The molecule has 1 aromatic heterocycles. The number of imidazole rings is 1. The van der Waals surface area contributed by atoms with Crippen LogP contribution in [-0.4, -0.2) is 11.7 Å². The zero-order chi connectivity index (χ0) is 14.8. The van der Waals surface area contributed by atoms with Gasteiger partial charge < -0.3 is 0 Å². The normalized spacial score (nSPS) is 10.6. The van der Waals surface area contributed by atoms with Crippen molar-refractivity contribution in [1.82, 2.24) is 4.68 Å². The zero-order valence-electron chi connectivity index (χ0n) is 12.7. The van der Waals surface area contributed by atoms with E-state index in [4.69, 9.17) is 0 Å². The number of para-hydroxylation sites is 1. The summed E-state index contributed by atoms with van der Waals surface area (Å²) in [6.07, 6.45) is 2.12. The van der Waals surface area contributed by atoms with Crippen molar-refractivity contribution < 1.29 is 4.57 Å². The van der Waals surface area contributed by atoms with E-state index in [0.717, 1.165) is 5.69 Å². The van der Waals surface area contributed by atoms with Crippen molar-refractivity contribution in [1.29, 1.82) is 0 Å². The van der Waals surface area contributed by atoms with Gasteiger partial charge in [-0.25, -0.2) is 9.58 Å². The van der Waals surface area contributed by atoms with E-state index in [-0.39, 0.29) is 0 Å². The highest BCUT2D eigenvalue weighted by molar-refractivity contribution is 5.62. The molecule has 106 valence electrons. The van der Waals surface area contributed by atoms with E-state index in [1.807, 2.05) is 12.1 Å². The van der Waals surface area contributed by atoms with Crippen LogP contribution in [0.3, 0.4) is 0 Å². The SMILES string of the molecule is Cc1c(-c2ccccc2)n(N(C)c2ccccc2)c[n+]1C. The van der Waals surface area contributed by atoms with Gasteiger partial charge in [0.1, 0.15) is 5.69 Å². The van der Waals surface area contributed by atoms with Crippen LogP contribution in [0.15, 0.2) is 67.0 Å². The molecule has 0 aliphatic carbocycles. The van der Waals surface area contributed by atoms with Crippen LogP contribution in [0, 0.1) is 6.92 Å². The Labute approximate surface area is 125 Å². The molecule has 0 saturated carbocycles. The number of rotatable bonds is 3. The Morgan fingerprint density at radius 3 is 2.10 bits per heavy atom. The predicted molar refractivity (Wildman–Crippen MR) is 86.0 cm³/mol. The highest BCUT2D eigenvalue weighted by Gasteiger charge is 2.23. The summed E-state index contributed by atoms with van der Waals surface area (Å²) in [7, 11) is 4.16. The molecule has 0 atom stereocenters. The Morgan fingerprint density at radius 1 is 0.905 bits per heavy atom. The molecule has 0 unspecified atom stereocenters. The Hall–Kier alpha value is -2.55. The van der Waals surface area contributed by atoms with Gasteiger partial charge in [-0.1, -0.05) is 48.5 Å². The Balaban J connectivity index is 2.14. The average Bonchev–Trinajstić information content (AvgIpc) is 2.84. The topological polar surface area (TPSA) is 12.1 Å². The quantitative estimate of drug-likeness (QED) is 0.670. The Bertz CT molecular complexity index is 730. The maximum atomic E-state index is 2.19. The summed E-state index contributed by atoms with van der Waals surface area (Å²) < 4.78 is 4.35. The number of aryl methyl sites for hydroxylation is 1. The molecule has 0 spiro atoms. The maximum absolute atomic E-state index is 2.19. The van der Waals surface area contributed by atoms with Crippen LogP contribution in [0.25, 0.3) is 11.3 Å². The van der Waals surface area contributed by atoms with Gasteiger partial charge in [0, 0.05) is 19.5 Å². The molecule has 3 aromatic rings. The fraction of sp³-hybridized carbons (Fsp3) is 0.167. The van der Waals surface area contributed by atoms with E-state index in [1.54, 1.807) is 0 Å². The number of anilines is 1. The number of hydrogen-bond donors (Lipinski definition) is 0. The van der Waals surface area contributed by atoms with E-state index in [1.165, 1.54) is 17.0 Å². The van der Waals surface area contributed by atoms with Crippen LogP contribution >= 0.6 is 0 Å². The summed E-state index contributed by atoms with van der Waals surface area (Å²) in [5, 5.41) is 2.16. The van der Waals surface area contributed by atoms with Crippen molar-refractivity contribution in [3.8, 4) is 11.3 Å². The number of aromatic nitrogens is 2. The third-order valence-corrected chi connectivity index (χ3v) is 3.88. The van der Waals surface area contributed by atoms with Crippen molar-refractivity contribution in [2.45, 2.75) is 6.92 Å². The summed E-state index contributed by atoms with van der Waals surface area (Å²) >= 11 is 0. The minimum absolute atomic E-state index is 1.16. The van der Waals surface area contributed by atoms with Crippen LogP contribution in [0.1, 0.15) is 5.69 Å². The smallest absolute Gasteiger partial charge is 0.234 e. The second-order valence-corrected chi connectivity index (χ2v) is 5.23. The lowest BCUT2D eigenvalue weighted by Gasteiger charge is -2.16. The molecule has 3 nitrogen and oxygen atoms in total. The van der Waals surface area contributed by atoms with Crippen LogP contribution < -0.4 is 9.58 Å². The molecule has 2 aromatic carbocycles. The summed E-state index contributed by atoms with van der Waals surface area (Å²) in [6.45, 7) is 2.15. The Kier molecular flexibility index (Phi) is 3.48. The lowest BCUT2D eigenvalue weighted by molar-refractivity contribution is -0.676. The van der Waals surface area contributed by atoms with E-state index in [0.29, 0.717) is 0 Å². The monoisotopic (exact) mass is 278 g/mol. The van der Waals surface area contributed by atoms with Crippen LogP contribution in [0.4, 0.5) is 5.69 Å². The van der Waals surface area contributed by atoms with Gasteiger partial charge in [-0.3, -0.25) is 0 Å². The van der Waals surface area contributed by atoms with E-state index in [9.17, 15) is 0 Å². The van der Waals surface area contributed by atoms with Crippen molar-refractivity contribution in [3.05, 3.63) is 72.7 Å². The highest BCUT2D eigenvalue weighted by Crippen LogP contribution is 2.24. The third kappa shape index (κ3) is 2.42. The van der Waals surface area contributed by atoms with Gasteiger partial charge in [0.15, 0.2) is 0 Å². The molecule has 0 N–H and O–H groups in total. The first-order valence-electron chi connectivity index (χ1n) is 7.10. The minimum atomic E-state index is 1.16. The second-order valence-electron chi connectivity index (χ2n) is 5.23. The second kappa shape index (κ2) is 5.44. The van der Waals surface area contributed by atoms with Gasteiger partial charge in [-0.2, -0.15) is 0 Å². The molecule has 3 heteroatoms. The molecule has 0 aliphatic rings. The van der Waals surface area contributed by atoms with Crippen LogP contribution in [-0.2, 0) is 7.05 Å². The van der Waals surface area contributed by atoms with Crippen LogP contribution in [0.5, 0.6) is 0 Å². The van der Waals surface area contributed by atoms with Crippen molar-refractivity contribution in [2.24, 2.45) is 7.05 Å². The van der Waals surface area contributed by atoms with Crippen molar-refractivity contribution in [3.63, 3.8) is 0 Å². The summed E-state index contributed by atoms with van der Waals surface area (Å²) in [4.78, 5) is 0. The van der Waals surface area contributed by atoms with Crippen molar-refractivity contribution in [2.75, 3.05) is 12.1 Å². The molecule has 0 radical (unpaired) electrons. The molecule has 0 aliphatic heterocycles. The zero-order valence-corrected chi connectivity index (χ0v) is 12.7. The lowest BCUT2D eigenvalue weighted by atomic mass is 10.1. The molecule has 1 heterocycles. The molecular formula is C18H20N3+. The first kappa shape index (κ1) is 13.4. The van der Waals surface area contributed by atoms with Gasteiger partial charge in [0.2, 0.25) is 5.69 Å². The molecule has 0 amide bonds. The van der Waals surface area contributed by atoms with Crippen molar-refractivity contribution >= 4 is 5.69 Å². The number of benzene rings is 2. The predicted octanol–water partition coefficient (Wildman–Crippen LogP) is 3.19. The molecule has 0 saturated heterocycles. The Morgan fingerprint density at radius 2 is 1.48 bits per heavy atom. The van der Waals surface area contributed by atoms with Gasteiger partial charge in [-0.15, -0.1) is 4.68 Å². The number of nitrogens with zero attached hydrogens (tertiary/aromatic N) is 3. The minimum Gasteiger partial charge on any atom is -0.234 e. The third-order valence-electron chi connectivity index (χ3n) is 3.88. The molecule has 3 rings (SSSR count). The van der Waals surface area contributed by atoms with E-state index < -0.39 is 0 Å². The average molecular weight is 278 g/mol. The standard InChI is InChI=1S/C18H20N3/c1-15-18(16-10-6-4-7-11-16)21(14-19(15)2)20(3)17-12-8-5-9-13-17/h4-14H,1-3H3/q+1. The molecule has 0 fully saturated rings. The van der Waals surface area contributed by atoms with Gasteiger partial charge in [0.05, 0.1) is 12.7 Å². The summed E-state index contributed by atoms with van der Waals surface area (Å²) in [5.41, 5.74) is 4.83. The first-order valence-corrected chi connectivity index (χ1v) is 7.10. The van der Waals surface area contributed by atoms with Gasteiger partial charge in [0.25, 0.3) is 6.33 Å². The summed E-state index contributed by atoms with van der Waals surface area (Å²) in [6, 6.07) is 20.9. The fourth-order valence-corrected chi connectivity index (χ4v) is 2.57. The molecular weight excluding hydrogens is 258 g/mol. The molecule has 21 heavy (non-hydrogen) atoms. The van der Waals surface area contributed by atoms with E-state index >= 15 is 0 Å². The van der Waals surface area contributed by atoms with Gasteiger partial charge in [-0.05, 0) is 12.1 Å².